The summed E-state index contributed by atoms with van der Waals surface area (Å²) in [4.78, 5) is 0. The van der Waals surface area contributed by atoms with Crippen LogP contribution in [0.15, 0.2) is 24.3 Å². The zero-order valence-electron chi connectivity index (χ0n) is 9.05. The van der Waals surface area contributed by atoms with Crippen LogP contribution < -0.4 is 0 Å². The Balaban J connectivity index is 2.06. The molecule has 1 heteroatoms. The molecule has 0 aromatic heterocycles. The van der Waals surface area contributed by atoms with E-state index in [0.29, 0.717) is 5.41 Å². The van der Waals surface area contributed by atoms with E-state index in [9.17, 15) is 0 Å². The van der Waals surface area contributed by atoms with Gasteiger partial charge in [-0.1, -0.05) is 36.8 Å². The van der Waals surface area contributed by atoms with E-state index >= 15 is 0 Å². The highest BCUT2D eigenvalue weighted by atomic mass is 16.5. The van der Waals surface area contributed by atoms with Gasteiger partial charge in [-0.15, -0.1) is 0 Å². The largest absolute Gasteiger partial charge is 0.380 e. The number of hydrogen-bond acceptors (Lipinski definition) is 1. The van der Waals surface area contributed by atoms with E-state index < -0.39 is 0 Å². The maximum Gasteiger partial charge on any atom is 0.0547 e. The summed E-state index contributed by atoms with van der Waals surface area (Å²) in [5.74, 6) is 0. The van der Waals surface area contributed by atoms with Gasteiger partial charge in [-0.2, -0.15) is 0 Å². The number of ether oxygens (including phenoxy) is 1. The predicted octanol–water partition coefficient (Wildman–Crippen LogP) is 2.96. The summed E-state index contributed by atoms with van der Waals surface area (Å²) < 4.78 is 5.33. The fraction of sp³-hybridized carbons (Fsp3) is 0.538. The van der Waals surface area contributed by atoms with E-state index in [1.54, 1.807) is 0 Å². The van der Waals surface area contributed by atoms with Crippen molar-refractivity contribution >= 4 is 0 Å². The summed E-state index contributed by atoms with van der Waals surface area (Å²) in [7, 11) is 0. The van der Waals surface area contributed by atoms with Crippen molar-refractivity contribution < 1.29 is 4.74 Å². The zero-order chi connectivity index (χ0) is 10.0. The molecule has 1 saturated heterocycles. The van der Waals surface area contributed by atoms with Crippen LogP contribution in [0.5, 0.6) is 0 Å². The lowest BCUT2D eigenvalue weighted by molar-refractivity contribution is -0.114. The molecule has 0 saturated carbocycles. The normalized spacial score (nSPS) is 19.0. The zero-order valence-corrected chi connectivity index (χ0v) is 9.05. The van der Waals surface area contributed by atoms with Crippen LogP contribution in [0.25, 0.3) is 0 Å². The van der Waals surface area contributed by atoms with E-state index in [0.717, 1.165) is 13.2 Å². The van der Waals surface area contributed by atoms with Crippen molar-refractivity contribution in [2.45, 2.75) is 26.7 Å². The van der Waals surface area contributed by atoms with Crippen LogP contribution in [0.3, 0.4) is 0 Å². The molecule has 2 rings (SSSR count). The fourth-order valence-corrected chi connectivity index (χ4v) is 1.96. The summed E-state index contributed by atoms with van der Waals surface area (Å²) in [5, 5.41) is 0. The lowest BCUT2D eigenvalue weighted by atomic mass is 9.77. The molecule has 1 aromatic carbocycles. The number of rotatable bonds is 3. The molecule has 1 aliphatic heterocycles. The summed E-state index contributed by atoms with van der Waals surface area (Å²) in [6, 6.07) is 8.87. The first-order chi connectivity index (χ1) is 6.74. The molecular formula is C13H18O. The summed E-state index contributed by atoms with van der Waals surface area (Å²) in [6.07, 6.45) is 2.39. The predicted molar refractivity (Wildman–Crippen MR) is 58.4 cm³/mol. The quantitative estimate of drug-likeness (QED) is 0.712. The molecule has 1 nitrogen and oxygen atoms in total. The van der Waals surface area contributed by atoms with Crippen molar-refractivity contribution in [3.8, 4) is 0 Å². The van der Waals surface area contributed by atoms with E-state index in [2.05, 4.69) is 38.1 Å². The summed E-state index contributed by atoms with van der Waals surface area (Å²) in [5.41, 5.74) is 3.22. The third kappa shape index (κ3) is 1.83. The van der Waals surface area contributed by atoms with Crippen molar-refractivity contribution in [3.05, 3.63) is 35.4 Å². The molecule has 1 aromatic rings. The van der Waals surface area contributed by atoms with Crippen molar-refractivity contribution in [3.63, 3.8) is 0 Å². The smallest absolute Gasteiger partial charge is 0.0547 e. The molecule has 0 aliphatic carbocycles. The molecule has 0 unspecified atom stereocenters. The summed E-state index contributed by atoms with van der Waals surface area (Å²) in [6.45, 7) is 6.28. The lowest BCUT2D eigenvalue weighted by Crippen LogP contribution is -2.43. The van der Waals surface area contributed by atoms with Gasteiger partial charge in [0, 0.05) is 5.41 Å². The molecule has 0 amide bonds. The van der Waals surface area contributed by atoms with Crippen LogP contribution in [-0.2, 0) is 11.2 Å². The SMILES string of the molecule is CCC1(Cc2ccc(C)cc2)COC1. The van der Waals surface area contributed by atoms with Crippen molar-refractivity contribution in [1.82, 2.24) is 0 Å². The number of benzene rings is 1. The van der Waals surface area contributed by atoms with Gasteiger partial charge in [0.2, 0.25) is 0 Å². The highest BCUT2D eigenvalue weighted by molar-refractivity contribution is 5.22. The van der Waals surface area contributed by atoms with Gasteiger partial charge in [0.05, 0.1) is 13.2 Å². The molecule has 0 N–H and O–H groups in total. The molecule has 76 valence electrons. The second kappa shape index (κ2) is 3.74. The lowest BCUT2D eigenvalue weighted by Gasteiger charge is -2.41. The van der Waals surface area contributed by atoms with Gasteiger partial charge in [0.1, 0.15) is 0 Å². The molecule has 1 aliphatic rings. The van der Waals surface area contributed by atoms with Gasteiger partial charge in [-0.3, -0.25) is 0 Å². The van der Waals surface area contributed by atoms with Crippen molar-refractivity contribution in [2.24, 2.45) is 5.41 Å². The van der Waals surface area contributed by atoms with Crippen LogP contribution in [0, 0.1) is 12.3 Å². The second-order valence-corrected chi connectivity index (χ2v) is 4.51. The van der Waals surface area contributed by atoms with Gasteiger partial charge < -0.3 is 4.74 Å². The van der Waals surface area contributed by atoms with Gasteiger partial charge in [0.15, 0.2) is 0 Å². The maximum absolute atomic E-state index is 5.33. The van der Waals surface area contributed by atoms with Gasteiger partial charge in [-0.25, -0.2) is 0 Å². The van der Waals surface area contributed by atoms with Gasteiger partial charge in [-0.05, 0) is 25.3 Å². The third-order valence-electron chi connectivity index (χ3n) is 3.27. The minimum atomic E-state index is 0.440. The molecule has 0 atom stereocenters. The van der Waals surface area contributed by atoms with E-state index in [-0.39, 0.29) is 0 Å². The topological polar surface area (TPSA) is 9.23 Å². The van der Waals surface area contributed by atoms with E-state index in [1.165, 1.54) is 24.0 Å². The number of hydrogen-bond donors (Lipinski definition) is 0. The Kier molecular flexibility index (Phi) is 2.60. The molecule has 0 radical (unpaired) electrons. The summed E-state index contributed by atoms with van der Waals surface area (Å²) >= 11 is 0. The first-order valence-electron chi connectivity index (χ1n) is 5.37. The molecule has 14 heavy (non-hydrogen) atoms. The number of aryl methyl sites for hydroxylation is 1. The van der Waals surface area contributed by atoms with Crippen molar-refractivity contribution in [1.29, 1.82) is 0 Å². The van der Waals surface area contributed by atoms with Crippen LogP contribution in [0.1, 0.15) is 24.5 Å². The Morgan fingerprint density at radius 3 is 2.29 bits per heavy atom. The molecular weight excluding hydrogens is 172 g/mol. The highest BCUT2D eigenvalue weighted by Gasteiger charge is 2.36. The second-order valence-electron chi connectivity index (χ2n) is 4.51. The standard InChI is InChI=1S/C13H18O/c1-3-13(9-14-10-13)8-12-6-4-11(2)5-7-12/h4-7H,3,8-10H2,1-2H3. The molecule has 1 heterocycles. The Hall–Kier alpha value is -0.820. The maximum atomic E-state index is 5.33. The Bertz CT molecular complexity index is 290. The van der Waals surface area contributed by atoms with E-state index in [4.69, 9.17) is 4.74 Å². The highest BCUT2D eigenvalue weighted by Crippen LogP contribution is 2.34. The van der Waals surface area contributed by atoms with E-state index in [1.807, 2.05) is 0 Å². The van der Waals surface area contributed by atoms with Crippen LogP contribution >= 0.6 is 0 Å². The Labute approximate surface area is 86.1 Å². The van der Waals surface area contributed by atoms with Crippen molar-refractivity contribution in [2.75, 3.05) is 13.2 Å². The molecule has 1 fully saturated rings. The third-order valence-corrected chi connectivity index (χ3v) is 3.27. The molecule has 0 bridgehead atoms. The first kappa shape index (κ1) is 9.72. The molecule has 0 spiro atoms. The minimum Gasteiger partial charge on any atom is -0.380 e. The Morgan fingerprint density at radius 2 is 1.86 bits per heavy atom. The first-order valence-corrected chi connectivity index (χ1v) is 5.37. The average molecular weight is 190 g/mol. The van der Waals surface area contributed by atoms with Crippen LogP contribution in [0.2, 0.25) is 0 Å². The van der Waals surface area contributed by atoms with Gasteiger partial charge >= 0.3 is 0 Å². The average Bonchev–Trinajstić information content (AvgIpc) is 2.15. The Morgan fingerprint density at radius 1 is 1.21 bits per heavy atom. The van der Waals surface area contributed by atoms with Gasteiger partial charge in [0.25, 0.3) is 0 Å². The fourth-order valence-electron chi connectivity index (χ4n) is 1.96. The van der Waals surface area contributed by atoms with Crippen LogP contribution in [-0.4, -0.2) is 13.2 Å². The monoisotopic (exact) mass is 190 g/mol. The minimum absolute atomic E-state index is 0.440. The van der Waals surface area contributed by atoms with Crippen LogP contribution in [0.4, 0.5) is 0 Å².